The van der Waals surface area contributed by atoms with Gasteiger partial charge in [-0.15, -0.1) is 0 Å². The predicted molar refractivity (Wildman–Crippen MR) is 93.5 cm³/mol. The Kier molecular flexibility index (Phi) is 6.48. The Morgan fingerprint density at radius 1 is 1.00 bits per heavy atom. The van der Waals surface area contributed by atoms with Crippen molar-refractivity contribution < 1.29 is 14.3 Å². The second-order valence-electron chi connectivity index (χ2n) is 5.33. The number of benzene rings is 2. The SMILES string of the molecule is C=CC(=O)OCCCCCCOc1ccc(N)c2ccccc12. The summed E-state index contributed by atoms with van der Waals surface area (Å²) in [6.45, 7) is 4.48. The Morgan fingerprint density at radius 3 is 2.43 bits per heavy atom. The molecule has 0 amide bonds. The summed E-state index contributed by atoms with van der Waals surface area (Å²) >= 11 is 0. The van der Waals surface area contributed by atoms with Gasteiger partial charge >= 0.3 is 5.97 Å². The second kappa shape index (κ2) is 8.83. The summed E-state index contributed by atoms with van der Waals surface area (Å²) in [6.07, 6.45) is 5.07. The molecule has 0 radical (unpaired) electrons. The van der Waals surface area contributed by atoms with Crippen LogP contribution in [-0.4, -0.2) is 19.2 Å². The van der Waals surface area contributed by atoms with Crippen molar-refractivity contribution in [2.24, 2.45) is 0 Å². The molecule has 0 saturated heterocycles. The molecule has 2 N–H and O–H groups in total. The number of carbonyl (C=O) groups is 1. The topological polar surface area (TPSA) is 61.5 Å². The van der Waals surface area contributed by atoms with E-state index in [-0.39, 0.29) is 5.97 Å². The first-order valence-corrected chi connectivity index (χ1v) is 7.91. The molecule has 0 aliphatic rings. The molecule has 4 heteroatoms. The van der Waals surface area contributed by atoms with E-state index in [1.165, 1.54) is 6.08 Å². The molecule has 2 aromatic carbocycles. The number of unbranched alkanes of at least 4 members (excludes halogenated alkanes) is 3. The van der Waals surface area contributed by atoms with Crippen molar-refractivity contribution >= 4 is 22.4 Å². The molecule has 0 spiro atoms. The molecule has 0 atom stereocenters. The fourth-order valence-corrected chi connectivity index (χ4v) is 2.39. The van der Waals surface area contributed by atoms with E-state index in [4.69, 9.17) is 15.2 Å². The summed E-state index contributed by atoms with van der Waals surface area (Å²) in [5, 5.41) is 2.07. The van der Waals surface area contributed by atoms with Crippen LogP contribution in [0.5, 0.6) is 5.75 Å². The molecule has 0 unspecified atom stereocenters. The van der Waals surface area contributed by atoms with Crippen LogP contribution in [0.1, 0.15) is 25.7 Å². The van der Waals surface area contributed by atoms with E-state index in [9.17, 15) is 4.79 Å². The Bertz CT molecular complexity index is 667. The van der Waals surface area contributed by atoms with E-state index in [0.717, 1.165) is 47.9 Å². The van der Waals surface area contributed by atoms with Crippen molar-refractivity contribution in [3.63, 3.8) is 0 Å². The molecule has 0 saturated carbocycles. The third-order valence-electron chi connectivity index (χ3n) is 3.63. The number of hydrogen-bond acceptors (Lipinski definition) is 4. The minimum Gasteiger partial charge on any atom is -0.493 e. The number of esters is 1. The zero-order chi connectivity index (χ0) is 16.5. The second-order valence-corrected chi connectivity index (χ2v) is 5.33. The van der Waals surface area contributed by atoms with Crippen molar-refractivity contribution in [3.8, 4) is 5.75 Å². The van der Waals surface area contributed by atoms with Gasteiger partial charge in [0.2, 0.25) is 0 Å². The summed E-state index contributed by atoms with van der Waals surface area (Å²) in [7, 11) is 0. The summed E-state index contributed by atoms with van der Waals surface area (Å²) in [5.74, 6) is 0.512. The highest BCUT2D eigenvalue weighted by Crippen LogP contribution is 2.29. The minimum atomic E-state index is -0.358. The number of nitrogen functional groups attached to an aromatic ring is 1. The molecule has 0 heterocycles. The molecule has 23 heavy (non-hydrogen) atoms. The van der Waals surface area contributed by atoms with Gasteiger partial charge in [0.25, 0.3) is 0 Å². The molecule has 0 fully saturated rings. The van der Waals surface area contributed by atoms with Gasteiger partial charge in [0.15, 0.2) is 0 Å². The molecule has 0 aliphatic carbocycles. The fraction of sp³-hybridized carbons (Fsp3) is 0.316. The van der Waals surface area contributed by atoms with Crippen LogP contribution in [0.25, 0.3) is 10.8 Å². The molecule has 2 aromatic rings. The molecule has 0 bridgehead atoms. The molecule has 0 aliphatic heterocycles. The largest absolute Gasteiger partial charge is 0.493 e. The number of fused-ring (bicyclic) bond motifs is 1. The highest BCUT2D eigenvalue weighted by atomic mass is 16.5. The van der Waals surface area contributed by atoms with Crippen LogP contribution in [-0.2, 0) is 9.53 Å². The molecule has 122 valence electrons. The van der Waals surface area contributed by atoms with E-state index in [1.54, 1.807) is 0 Å². The Balaban J connectivity index is 1.70. The monoisotopic (exact) mass is 313 g/mol. The Labute approximate surface area is 136 Å². The fourth-order valence-electron chi connectivity index (χ4n) is 2.39. The van der Waals surface area contributed by atoms with Crippen molar-refractivity contribution in [1.29, 1.82) is 0 Å². The Hall–Kier alpha value is -2.49. The number of anilines is 1. The first-order chi connectivity index (χ1) is 11.2. The third kappa shape index (κ3) is 5.02. The summed E-state index contributed by atoms with van der Waals surface area (Å²) in [4.78, 5) is 10.9. The van der Waals surface area contributed by atoms with E-state index < -0.39 is 0 Å². The highest BCUT2D eigenvalue weighted by Gasteiger charge is 2.04. The van der Waals surface area contributed by atoms with E-state index in [0.29, 0.717) is 13.2 Å². The number of carbonyl (C=O) groups excluding carboxylic acids is 1. The molecule has 0 aromatic heterocycles. The van der Waals surface area contributed by atoms with Crippen LogP contribution >= 0.6 is 0 Å². The maximum atomic E-state index is 10.9. The van der Waals surface area contributed by atoms with Gasteiger partial charge in [0.1, 0.15) is 5.75 Å². The van der Waals surface area contributed by atoms with Crippen LogP contribution in [0.2, 0.25) is 0 Å². The summed E-state index contributed by atoms with van der Waals surface area (Å²) < 4.78 is 10.8. The van der Waals surface area contributed by atoms with E-state index in [2.05, 4.69) is 6.58 Å². The predicted octanol–water partition coefficient (Wildman–Crippen LogP) is 4.09. The zero-order valence-electron chi connectivity index (χ0n) is 13.3. The quantitative estimate of drug-likeness (QED) is 0.328. The van der Waals surface area contributed by atoms with Crippen LogP contribution < -0.4 is 10.5 Å². The van der Waals surface area contributed by atoms with Crippen LogP contribution in [0.4, 0.5) is 5.69 Å². The van der Waals surface area contributed by atoms with Gasteiger partial charge < -0.3 is 15.2 Å². The average Bonchev–Trinajstić information content (AvgIpc) is 2.59. The van der Waals surface area contributed by atoms with Crippen molar-refractivity contribution in [1.82, 2.24) is 0 Å². The maximum absolute atomic E-state index is 10.9. The third-order valence-corrected chi connectivity index (χ3v) is 3.63. The first-order valence-electron chi connectivity index (χ1n) is 7.91. The lowest BCUT2D eigenvalue weighted by Crippen LogP contribution is -2.02. The minimum absolute atomic E-state index is 0.358. The van der Waals surface area contributed by atoms with Gasteiger partial charge in [-0.25, -0.2) is 4.79 Å². The normalized spacial score (nSPS) is 10.4. The number of hydrogen-bond donors (Lipinski definition) is 1. The highest BCUT2D eigenvalue weighted by molar-refractivity contribution is 5.96. The van der Waals surface area contributed by atoms with Crippen molar-refractivity contribution in [2.75, 3.05) is 18.9 Å². The maximum Gasteiger partial charge on any atom is 0.330 e. The standard InChI is InChI=1S/C19H23NO3/c1-2-19(21)23-14-8-4-3-7-13-22-18-12-11-17(20)15-9-5-6-10-16(15)18/h2,5-6,9-12H,1,3-4,7-8,13-14,20H2. The van der Waals surface area contributed by atoms with Crippen molar-refractivity contribution in [3.05, 3.63) is 49.1 Å². The lowest BCUT2D eigenvalue weighted by Gasteiger charge is -2.10. The van der Waals surface area contributed by atoms with Gasteiger partial charge in [0, 0.05) is 22.5 Å². The van der Waals surface area contributed by atoms with Gasteiger partial charge in [-0.2, -0.15) is 0 Å². The molecular formula is C19H23NO3. The molecule has 2 rings (SSSR count). The zero-order valence-corrected chi connectivity index (χ0v) is 13.3. The van der Waals surface area contributed by atoms with E-state index >= 15 is 0 Å². The average molecular weight is 313 g/mol. The van der Waals surface area contributed by atoms with Gasteiger partial charge in [0.05, 0.1) is 13.2 Å². The summed E-state index contributed by atoms with van der Waals surface area (Å²) in [5.41, 5.74) is 6.75. The van der Waals surface area contributed by atoms with Crippen LogP contribution in [0.15, 0.2) is 49.1 Å². The summed E-state index contributed by atoms with van der Waals surface area (Å²) in [6, 6.07) is 11.8. The van der Waals surface area contributed by atoms with Crippen LogP contribution in [0.3, 0.4) is 0 Å². The van der Waals surface area contributed by atoms with Crippen LogP contribution in [0, 0.1) is 0 Å². The number of ether oxygens (including phenoxy) is 2. The van der Waals surface area contributed by atoms with Gasteiger partial charge in [-0.3, -0.25) is 0 Å². The Morgan fingerprint density at radius 2 is 1.70 bits per heavy atom. The lowest BCUT2D eigenvalue weighted by molar-refractivity contribution is -0.137. The van der Waals surface area contributed by atoms with Gasteiger partial charge in [-0.1, -0.05) is 30.8 Å². The number of rotatable bonds is 9. The van der Waals surface area contributed by atoms with Gasteiger partial charge in [-0.05, 0) is 37.8 Å². The van der Waals surface area contributed by atoms with Crippen molar-refractivity contribution in [2.45, 2.75) is 25.7 Å². The first kappa shape index (κ1) is 16.9. The smallest absolute Gasteiger partial charge is 0.330 e. The number of nitrogens with two attached hydrogens (primary N) is 1. The molecular weight excluding hydrogens is 290 g/mol. The van der Waals surface area contributed by atoms with E-state index in [1.807, 2.05) is 36.4 Å². The molecule has 4 nitrogen and oxygen atoms in total. The lowest BCUT2D eigenvalue weighted by atomic mass is 10.1.